The maximum absolute atomic E-state index is 11.0. The van der Waals surface area contributed by atoms with Gasteiger partial charge in [0.05, 0.1) is 0 Å². The van der Waals surface area contributed by atoms with Crippen molar-refractivity contribution < 1.29 is 4.79 Å². The van der Waals surface area contributed by atoms with Crippen molar-refractivity contribution in [2.45, 2.75) is 12.8 Å². The van der Waals surface area contributed by atoms with Crippen LogP contribution in [0, 0.1) is 0 Å². The number of rotatable bonds is 3. The molecule has 7 nitrogen and oxygen atoms in total. The average Bonchev–Trinajstić information content (AvgIpc) is 2.02. The number of aromatic nitrogens is 3. The number of nitrogens with one attached hydrogen (secondary N) is 2. The first-order chi connectivity index (χ1) is 6.09. The molecule has 7 heteroatoms. The van der Waals surface area contributed by atoms with Gasteiger partial charge in [-0.25, -0.2) is 9.89 Å². The van der Waals surface area contributed by atoms with Crippen molar-refractivity contribution in [3.63, 3.8) is 0 Å². The standard InChI is InChI=1S/C6H8N4O3/c7-4(11)2-1-3-5(12)8-6(13)10-9-3/h1-2H2,(H2,7,11)(H2,8,10,12,13). The molecule has 0 aliphatic carbocycles. The van der Waals surface area contributed by atoms with Gasteiger partial charge in [0, 0.05) is 12.8 Å². The number of carbonyl (C=O) groups is 1. The fourth-order valence-electron chi connectivity index (χ4n) is 0.783. The molecule has 0 radical (unpaired) electrons. The van der Waals surface area contributed by atoms with Crippen molar-refractivity contribution in [3.05, 3.63) is 26.5 Å². The second-order valence-corrected chi connectivity index (χ2v) is 2.42. The Morgan fingerprint density at radius 3 is 2.69 bits per heavy atom. The van der Waals surface area contributed by atoms with Crippen molar-refractivity contribution in [1.29, 1.82) is 0 Å². The Morgan fingerprint density at radius 1 is 1.46 bits per heavy atom. The monoisotopic (exact) mass is 184 g/mol. The van der Waals surface area contributed by atoms with E-state index in [0.29, 0.717) is 0 Å². The van der Waals surface area contributed by atoms with E-state index in [-0.39, 0.29) is 18.5 Å². The molecule has 0 aliphatic rings. The normalized spacial score (nSPS) is 9.85. The third kappa shape index (κ3) is 2.55. The van der Waals surface area contributed by atoms with Crippen LogP contribution in [0.2, 0.25) is 0 Å². The summed E-state index contributed by atoms with van der Waals surface area (Å²) in [6.07, 6.45) is 0.156. The zero-order valence-electron chi connectivity index (χ0n) is 6.66. The van der Waals surface area contributed by atoms with Gasteiger partial charge in [-0.05, 0) is 0 Å². The highest BCUT2D eigenvalue weighted by atomic mass is 16.2. The Bertz CT molecular complexity index is 418. The van der Waals surface area contributed by atoms with Crippen molar-refractivity contribution >= 4 is 5.91 Å². The Hall–Kier alpha value is -1.92. The Balaban J connectivity index is 2.84. The highest BCUT2D eigenvalue weighted by Crippen LogP contribution is 1.87. The lowest BCUT2D eigenvalue weighted by atomic mass is 10.2. The molecular weight excluding hydrogens is 176 g/mol. The van der Waals surface area contributed by atoms with Gasteiger partial charge in [-0.1, -0.05) is 0 Å². The summed E-state index contributed by atoms with van der Waals surface area (Å²) in [7, 11) is 0. The molecule has 1 aromatic rings. The van der Waals surface area contributed by atoms with Gasteiger partial charge in [-0.15, -0.1) is 0 Å². The minimum Gasteiger partial charge on any atom is -0.370 e. The molecule has 70 valence electrons. The number of hydrogen-bond acceptors (Lipinski definition) is 4. The van der Waals surface area contributed by atoms with E-state index < -0.39 is 17.2 Å². The van der Waals surface area contributed by atoms with Crippen LogP contribution in [0.3, 0.4) is 0 Å². The summed E-state index contributed by atoms with van der Waals surface area (Å²) in [5.74, 6) is -0.521. The number of amides is 1. The smallest absolute Gasteiger partial charge is 0.342 e. The summed E-state index contributed by atoms with van der Waals surface area (Å²) >= 11 is 0. The van der Waals surface area contributed by atoms with Gasteiger partial charge in [0.25, 0.3) is 5.56 Å². The highest BCUT2D eigenvalue weighted by Gasteiger charge is 2.03. The third-order valence-electron chi connectivity index (χ3n) is 1.39. The number of nitrogens with two attached hydrogens (primary N) is 1. The minimum absolute atomic E-state index is 0.0299. The van der Waals surface area contributed by atoms with Gasteiger partial charge in [0.1, 0.15) is 5.69 Å². The lowest BCUT2D eigenvalue weighted by Crippen LogP contribution is -2.28. The third-order valence-corrected chi connectivity index (χ3v) is 1.39. The molecule has 1 rings (SSSR count). The van der Waals surface area contributed by atoms with Crippen LogP contribution in [0.15, 0.2) is 9.59 Å². The molecule has 1 amide bonds. The average molecular weight is 184 g/mol. The number of aryl methyl sites for hydroxylation is 1. The maximum atomic E-state index is 11.0. The van der Waals surface area contributed by atoms with E-state index in [1.54, 1.807) is 0 Å². The first kappa shape index (κ1) is 9.17. The molecule has 0 aromatic carbocycles. The van der Waals surface area contributed by atoms with E-state index in [0.717, 1.165) is 0 Å². The molecule has 0 fully saturated rings. The highest BCUT2D eigenvalue weighted by molar-refractivity contribution is 5.73. The summed E-state index contributed by atoms with van der Waals surface area (Å²) in [5.41, 5.74) is 3.70. The van der Waals surface area contributed by atoms with Crippen molar-refractivity contribution in [2.24, 2.45) is 5.73 Å². The van der Waals surface area contributed by atoms with Gasteiger partial charge >= 0.3 is 5.69 Å². The lowest BCUT2D eigenvalue weighted by molar-refractivity contribution is -0.118. The fourth-order valence-corrected chi connectivity index (χ4v) is 0.783. The molecule has 0 unspecified atom stereocenters. The van der Waals surface area contributed by atoms with Crippen LogP contribution >= 0.6 is 0 Å². The first-order valence-corrected chi connectivity index (χ1v) is 3.56. The van der Waals surface area contributed by atoms with Crippen LogP contribution in [0.4, 0.5) is 0 Å². The summed E-state index contributed by atoms with van der Waals surface area (Å²) in [4.78, 5) is 33.8. The molecule has 0 bridgehead atoms. The molecule has 4 N–H and O–H groups in total. The van der Waals surface area contributed by atoms with Crippen LogP contribution in [0.1, 0.15) is 12.1 Å². The first-order valence-electron chi connectivity index (χ1n) is 3.56. The van der Waals surface area contributed by atoms with Crippen LogP contribution in [0.5, 0.6) is 0 Å². The Morgan fingerprint density at radius 2 is 2.15 bits per heavy atom. The van der Waals surface area contributed by atoms with E-state index in [9.17, 15) is 14.4 Å². The molecule has 0 saturated heterocycles. The summed E-state index contributed by atoms with van der Waals surface area (Å²) < 4.78 is 0. The Labute approximate surface area is 72.0 Å². The van der Waals surface area contributed by atoms with Gasteiger partial charge < -0.3 is 5.73 Å². The molecule has 13 heavy (non-hydrogen) atoms. The Kier molecular flexibility index (Phi) is 2.58. The predicted octanol–water partition coefficient (Wildman–Crippen LogP) is -2.12. The van der Waals surface area contributed by atoms with E-state index >= 15 is 0 Å². The zero-order chi connectivity index (χ0) is 9.84. The van der Waals surface area contributed by atoms with Crippen LogP contribution in [0.25, 0.3) is 0 Å². The molecule has 1 aromatic heterocycles. The second-order valence-electron chi connectivity index (χ2n) is 2.42. The zero-order valence-corrected chi connectivity index (χ0v) is 6.66. The number of carbonyl (C=O) groups excluding carboxylic acids is 1. The summed E-state index contributed by atoms with van der Waals surface area (Å²) in [6, 6.07) is 0. The molecule has 0 aliphatic heterocycles. The van der Waals surface area contributed by atoms with Crippen LogP contribution in [-0.4, -0.2) is 21.1 Å². The summed E-state index contributed by atoms with van der Waals surface area (Å²) in [5, 5.41) is 5.51. The quantitative estimate of drug-likeness (QED) is 0.496. The predicted molar refractivity (Wildman–Crippen MR) is 43.0 cm³/mol. The number of H-pyrrole nitrogens is 2. The van der Waals surface area contributed by atoms with Crippen molar-refractivity contribution in [2.75, 3.05) is 0 Å². The van der Waals surface area contributed by atoms with Crippen LogP contribution < -0.4 is 17.0 Å². The molecular formula is C6H8N4O3. The van der Waals surface area contributed by atoms with Gasteiger partial charge in [0.2, 0.25) is 5.91 Å². The fraction of sp³-hybridized carbons (Fsp3) is 0.333. The minimum atomic E-state index is -0.673. The largest absolute Gasteiger partial charge is 0.370 e. The number of nitrogens with zero attached hydrogens (tertiary/aromatic N) is 1. The van der Waals surface area contributed by atoms with Crippen LogP contribution in [-0.2, 0) is 11.2 Å². The van der Waals surface area contributed by atoms with E-state index in [4.69, 9.17) is 5.73 Å². The molecule has 0 spiro atoms. The molecule has 0 saturated carbocycles. The van der Waals surface area contributed by atoms with Gasteiger partial charge in [-0.2, -0.15) is 5.10 Å². The number of hydrogen-bond donors (Lipinski definition) is 3. The lowest BCUT2D eigenvalue weighted by Gasteiger charge is -1.94. The van der Waals surface area contributed by atoms with Crippen molar-refractivity contribution in [3.8, 4) is 0 Å². The van der Waals surface area contributed by atoms with Gasteiger partial charge in [0.15, 0.2) is 0 Å². The summed E-state index contributed by atoms with van der Waals surface area (Å²) in [6.45, 7) is 0. The second kappa shape index (κ2) is 3.65. The van der Waals surface area contributed by atoms with E-state index in [1.165, 1.54) is 0 Å². The number of aromatic amines is 2. The number of primary amides is 1. The van der Waals surface area contributed by atoms with E-state index in [2.05, 4.69) is 10.2 Å². The SMILES string of the molecule is NC(=O)CCc1n[nH]c(=O)[nH]c1=O. The maximum Gasteiger partial charge on any atom is 0.342 e. The van der Waals surface area contributed by atoms with E-state index in [1.807, 2.05) is 4.98 Å². The topological polar surface area (TPSA) is 122 Å². The van der Waals surface area contributed by atoms with Crippen molar-refractivity contribution in [1.82, 2.24) is 15.2 Å². The molecule has 1 heterocycles. The molecule has 0 atom stereocenters. The van der Waals surface area contributed by atoms with Gasteiger partial charge in [-0.3, -0.25) is 14.6 Å².